The standard InChI is InChI=1S/C22H32N4O/c1-17(2)21-23-12-16-26(21)18(3)22(27)24-20-10-14-25(15-11-20)13-9-19-7-5-4-6-8-19/h4-8,12,16-18,20H,9-11,13-15H2,1-3H3,(H,24,27). The van der Waals surface area contributed by atoms with Gasteiger partial charge in [-0.15, -0.1) is 0 Å². The van der Waals surface area contributed by atoms with Crippen LogP contribution in [0, 0.1) is 0 Å². The molecule has 1 aliphatic rings. The first kappa shape index (κ1) is 19.6. The summed E-state index contributed by atoms with van der Waals surface area (Å²) in [5, 5.41) is 3.25. The van der Waals surface area contributed by atoms with Crippen LogP contribution < -0.4 is 5.32 Å². The summed E-state index contributed by atoms with van der Waals surface area (Å²) in [6.45, 7) is 9.36. The van der Waals surface area contributed by atoms with Gasteiger partial charge in [0.05, 0.1) is 0 Å². The van der Waals surface area contributed by atoms with E-state index in [0.29, 0.717) is 5.92 Å². The fourth-order valence-corrected chi connectivity index (χ4v) is 3.78. The summed E-state index contributed by atoms with van der Waals surface area (Å²) in [7, 11) is 0. The molecule has 1 unspecified atom stereocenters. The number of benzene rings is 1. The van der Waals surface area contributed by atoms with Crippen molar-refractivity contribution < 1.29 is 4.79 Å². The first-order valence-electron chi connectivity index (χ1n) is 10.1. The average Bonchev–Trinajstić information content (AvgIpc) is 3.18. The third-order valence-electron chi connectivity index (χ3n) is 5.51. The van der Waals surface area contributed by atoms with Crippen LogP contribution in [0.25, 0.3) is 0 Å². The third-order valence-corrected chi connectivity index (χ3v) is 5.51. The van der Waals surface area contributed by atoms with Crippen LogP contribution >= 0.6 is 0 Å². The zero-order valence-corrected chi connectivity index (χ0v) is 16.8. The summed E-state index contributed by atoms with van der Waals surface area (Å²) < 4.78 is 2.00. The number of hydrogen-bond donors (Lipinski definition) is 1. The summed E-state index contributed by atoms with van der Waals surface area (Å²) in [6.07, 6.45) is 6.83. The number of amides is 1. The zero-order chi connectivity index (χ0) is 19.2. The van der Waals surface area contributed by atoms with Crippen LogP contribution in [0.5, 0.6) is 0 Å². The number of hydrogen-bond acceptors (Lipinski definition) is 3. The lowest BCUT2D eigenvalue weighted by Gasteiger charge is -2.33. The second-order valence-electron chi connectivity index (χ2n) is 7.88. The van der Waals surface area contributed by atoms with E-state index in [9.17, 15) is 4.79 Å². The molecule has 1 amide bonds. The lowest BCUT2D eigenvalue weighted by atomic mass is 10.0. The molecule has 0 radical (unpaired) electrons. The molecule has 1 aliphatic heterocycles. The van der Waals surface area contributed by atoms with Gasteiger partial charge < -0.3 is 14.8 Å². The Hall–Kier alpha value is -2.14. The zero-order valence-electron chi connectivity index (χ0n) is 16.8. The van der Waals surface area contributed by atoms with E-state index >= 15 is 0 Å². The highest BCUT2D eigenvalue weighted by atomic mass is 16.2. The second kappa shape index (κ2) is 9.18. The van der Waals surface area contributed by atoms with Gasteiger partial charge in [0.2, 0.25) is 5.91 Å². The molecule has 146 valence electrons. The minimum Gasteiger partial charge on any atom is -0.351 e. The van der Waals surface area contributed by atoms with Gasteiger partial charge >= 0.3 is 0 Å². The minimum absolute atomic E-state index is 0.0950. The minimum atomic E-state index is -0.221. The molecule has 1 fully saturated rings. The molecule has 3 rings (SSSR count). The van der Waals surface area contributed by atoms with E-state index in [2.05, 4.69) is 59.4 Å². The molecule has 0 saturated carbocycles. The molecule has 1 atom stereocenters. The first-order chi connectivity index (χ1) is 13.0. The van der Waals surface area contributed by atoms with Gasteiger partial charge in [0, 0.05) is 44.0 Å². The van der Waals surface area contributed by atoms with Crippen molar-refractivity contribution in [3.8, 4) is 0 Å². The Labute approximate surface area is 162 Å². The van der Waals surface area contributed by atoms with Crippen molar-refractivity contribution >= 4 is 5.91 Å². The van der Waals surface area contributed by atoms with Crippen molar-refractivity contribution in [3.63, 3.8) is 0 Å². The van der Waals surface area contributed by atoms with E-state index in [1.807, 2.05) is 17.7 Å². The Morgan fingerprint density at radius 3 is 2.56 bits per heavy atom. The fraction of sp³-hybridized carbons (Fsp3) is 0.545. The van der Waals surface area contributed by atoms with Crippen LogP contribution in [0.1, 0.15) is 57.0 Å². The van der Waals surface area contributed by atoms with E-state index in [1.54, 1.807) is 6.20 Å². The number of carbonyl (C=O) groups is 1. The lowest BCUT2D eigenvalue weighted by Crippen LogP contribution is -2.46. The van der Waals surface area contributed by atoms with Gasteiger partial charge in [0.25, 0.3) is 0 Å². The van der Waals surface area contributed by atoms with Crippen LogP contribution in [0.2, 0.25) is 0 Å². The van der Waals surface area contributed by atoms with Crippen LogP contribution in [0.4, 0.5) is 0 Å². The summed E-state index contributed by atoms with van der Waals surface area (Å²) in [5.41, 5.74) is 1.39. The lowest BCUT2D eigenvalue weighted by molar-refractivity contribution is -0.125. The second-order valence-corrected chi connectivity index (χ2v) is 7.88. The summed E-state index contributed by atoms with van der Waals surface area (Å²) in [4.78, 5) is 19.6. The molecule has 5 heteroatoms. The van der Waals surface area contributed by atoms with Crippen LogP contribution in [0.3, 0.4) is 0 Å². The quantitative estimate of drug-likeness (QED) is 0.815. The maximum Gasteiger partial charge on any atom is 0.243 e. The molecule has 2 heterocycles. The van der Waals surface area contributed by atoms with E-state index in [4.69, 9.17) is 0 Å². The van der Waals surface area contributed by atoms with E-state index < -0.39 is 0 Å². The number of imidazole rings is 1. The van der Waals surface area contributed by atoms with Crippen LogP contribution in [-0.4, -0.2) is 46.0 Å². The van der Waals surface area contributed by atoms with Crippen LogP contribution in [0.15, 0.2) is 42.7 Å². The topological polar surface area (TPSA) is 50.2 Å². The highest BCUT2D eigenvalue weighted by molar-refractivity contribution is 5.80. The smallest absolute Gasteiger partial charge is 0.243 e. The van der Waals surface area contributed by atoms with Crippen LogP contribution in [-0.2, 0) is 11.2 Å². The largest absolute Gasteiger partial charge is 0.351 e. The maximum atomic E-state index is 12.7. The molecule has 0 spiro atoms. The highest BCUT2D eigenvalue weighted by Gasteiger charge is 2.24. The Kier molecular flexibility index (Phi) is 6.67. The average molecular weight is 369 g/mol. The number of nitrogens with one attached hydrogen (secondary N) is 1. The highest BCUT2D eigenvalue weighted by Crippen LogP contribution is 2.18. The van der Waals surface area contributed by atoms with Crippen molar-refractivity contribution in [2.75, 3.05) is 19.6 Å². The Balaban J connectivity index is 1.44. The fourth-order valence-electron chi connectivity index (χ4n) is 3.78. The normalized spacial score (nSPS) is 17.2. The van der Waals surface area contributed by atoms with Gasteiger partial charge in [-0.1, -0.05) is 44.2 Å². The van der Waals surface area contributed by atoms with E-state index in [-0.39, 0.29) is 18.0 Å². The van der Waals surface area contributed by atoms with Crippen molar-refractivity contribution in [1.82, 2.24) is 19.8 Å². The molecule has 0 aliphatic carbocycles. The maximum absolute atomic E-state index is 12.7. The summed E-state index contributed by atoms with van der Waals surface area (Å²) in [6, 6.07) is 10.7. The molecule has 1 aromatic heterocycles. The van der Waals surface area contributed by atoms with Crippen molar-refractivity contribution in [3.05, 3.63) is 54.1 Å². The van der Waals surface area contributed by atoms with Gasteiger partial charge in [0.1, 0.15) is 11.9 Å². The van der Waals surface area contributed by atoms with Crippen molar-refractivity contribution in [2.24, 2.45) is 0 Å². The van der Waals surface area contributed by atoms with Gasteiger partial charge in [-0.25, -0.2) is 4.98 Å². The van der Waals surface area contributed by atoms with Crippen molar-refractivity contribution in [2.45, 2.75) is 58.0 Å². The molecule has 5 nitrogen and oxygen atoms in total. The number of piperidine rings is 1. The van der Waals surface area contributed by atoms with E-state index in [1.165, 1.54) is 5.56 Å². The Bertz CT molecular complexity index is 717. The number of rotatable bonds is 7. The number of likely N-dealkylation sites (tertiary alicyclic amines) is 1. The van der Waals surface area contributed by atoms with Gasteiger partial charge in [0.15, 0.2) is 0 Å². The number of carbonyl (C=O) groups excluding carboxylic acids is 1. The summed E-state index contributed by atoms with van der Waals surface area (Å²) >= 11 is 0. The van der Waals surface area contributed by atoms with Crippen molar-refractivity contribution in [1.29, 1.82) is 0 Å². The predicted molar refractivity (Wildman–Crippen MR) is 109 cm³/mol. The monoisotopic (exact) mass is 368 g/mol. The molecule has 0 bridgehead atoms. The Morgan fingerprint density at radius 2 is 1.89 bits per heavy atom. The molecule has 1 aromatic carbocycles. The molecule has 27 heavy (non-hydrogen) atoms. The molecule has 1 saturated heterocycles. The van der Waals surface area contributed by atoms with E-state index in [0.717, 1.165) is 44.7 Å². The summed E-state index contributed by atoms with van der Waals surface area (Å²) in [5.74, 6) is 1.37. The number of aromatic nitrogens is 2. The predicted octanol–water partition coefficient (Wildman–Crippen LogP) is 3.39. The third kappa shape index (κ3) is 5.19. The van der Waals surface area contributed by atoms with Gasteiger partial charge in [-0.05, 0) is 31.7 Å². The molecular formula is C22H32N4O. The Morgan fingerprint density at radius 1 is 1.19 bits per heavy atom. The van der Waals surface area contributed by atoms with Gasteiger partial charge in [-0.2, -0.15) is 0 Å². The van der Waals surface area contributed by atoms with Gasteiger partial charge in [-0.3, -0.25) is 4.79 Å². The first-order valence-corrected chi connectivity index (χ1v) is 10.1. The molecular weight excluding hydrogens is 336 g/mol. The molecule has 2 aromatic rings. The number of nitrogens with zero attached hydrogens (tertiary/aromatic N) is 3. The SMILES string of the molecule is CC(C)c1nccn1C(C)C(=O)NC1CCN(CCc2ccccc2)CC1. The molecule has 1 N–H and O–H groups in total.